The van der Waals surface area contributed by atoms with Crippen molar-refractivity contribution in [2.24, 2.45) is 0 Å². The summed E-state index contributed by atoms with van der Waals surface area (Å²) >= 11 is 14.0. The number of hydrogen-bond donors (Lipinski definition) is 1. The van der Waals surface area contributed by atoms with Gasteiger partial charge in [-0.2, -0.15) is 0 Å². The number of rotatable bonds is 2. The van der Waals surface area contributed by atoms with Crippen LogP contribution in [0.2, 0.25) is 0 Å². The minimum Gasteiger partial charge on any atom is -0.505 e. The minimum absolute atomic E-state index is 0.0421. The number of phenolic OH excluding ortho intramolecular Hbond substituents is 1. The molecule has 1 N–H and O–H groups in total. The third-order valence-corrected chi connectivity index (χ3v) is 7.11. The van der Waals surface area contributed by atoms with E-state index in [9.17, 15) is 9.90 Å². The lowest BCUT2D eigenvalue weighted by molar-refractivity contribution is 0.0599. The van der Waals surface area contributed by atoms with Crippen molar-refractivity contribution in [2.75, 3.05) is 7.11 Å². The van der Waals surface area contributed by atoms with Crippen molar-refractivity contribution in [3.05, 3.63) is 82.6 Å². The second-order valence-electron chi connectivity index (χ2n) is 6.36. The molecule has 1 unspecified atom stereocenters. The molecule has 0 aliphatic carbocycles. The lowest BCUT2D eigenvalue weighted by Gasteiger charge is -2.31. The van der Waals surface area contributed by atoms with Gasteiger partial charge in [-0.25, -0.2) is 4.79 Å². The Kier molecular flexibility index (Phi) is 5.81. The third-order valence-electron chi connectivity index (χ3n) is 4.72. The van der Waals surface area contributed by atoms with Crippen LogP contribution in [0.3, 0.4) is 0 Å². The molecule has 8 heteroatoms. The summed E-state index contributed by atoms with van der Waals surface area (Å²) in [6.45, 7) is 0. The summed E-state index contributed by atoms with van der Waals surface area (Å²) in [5.74, 6) is 0.409. The molecule has 0 amide bonds. The molecular formula is C21H12Br4O4. The van der Waals surface area contributed by atoms with Gasteiger partial charge in [-0.3, -0.25) is 0 Å². The Hall–Kier alpha value is -1.35. The van der Waals surface area contributed by atoms with Crippen molar-refractivity contribution in [2.45, 2.75) is 5.92 Å². The summed E-state index contributed by atoms with van der Waals surface area (Å²) in [5, 5.41) is 10.4. The summed E-state index contributed by atoms with van der Waals surface area (Å²) in [6, 6.07) is 13.0. The molecule has 1 heterocycles. The highest BCUT2D eigenvalue weighted by Gasteiger charge is 2.35. The predicted octanol–water partition coefficient (Wildman–Crippen LogP) is 7.51. The fourth-order valence-electron chi connectivity index (χ4n) is 3.48. The Bertz CT molecular complexity index is 1160. The number of esters is 1. The molecule has 1 aliphatic rings. The second kappa shape index (κ2) is 8.06. The fourth-order valence-corrected chi connectivity index (χ4v) is 6.05. The van der Waals surface area contributed by atoms with Crippen molar-refractivity contribution in [1.29, 1.82) is 0 Å². The number of hydrogen-bond acceptors (Lipinski definition) is 4. The summed E-state index contributed by atoms with van der Waals surface area (Å²) in [7, 11) is 1.36. The van der Waals surface area contributed by atoms with Gasteiger partial charge in [-0.15, -0.1) is 0 Å². The smallest absolute Gasteiger partial charge is 0.338 e. The zero-order valence-electron chi connectivity index (χ0n) is 14.8. The van der Waals surface area contributed by atoms with Gasteiger partial charge in [0.25, 0.3) is 0 Å². The van der Waals surface area contributed by atoms with Gasteiger partial charge in [0.1, 0.15) is 21.7 Å². The average molecular weight is 648 g/mol. The highest BCUT2D eigenvalue weighted by Crippen LogP contribution is 2.56. The standard InChI is InChI=1S/C21H12Br4O4/c1-28-21(27)11-5-3-2-4-10(11)16-12-6-9(22)7-15(24)19(12)29-20-13(16)8-14(23)18(26)17(20)25/h2-8,16,26H,1H3. The Morgan fingerprint density at radius 3 is 2.38 bits per heavy atom. The van der Waals surface area contributed by atoms with Gasteiger partial charge in [-0.1, -0.05) is 34.1 Å². The van der Waals surface area contributed by atoms with E-state index in [1.54, 1.807) is 12.1 Å². The molecule has 0 radical (unpaired) electrons. The van der Waals surface area contributed by atoms with Crippen LogP contribution < -0.4 is 4.74 Å². The molecule has 0 aromatic heterocycles. The van der Waals surface area contributed by atoms with Crippen LogP contribution in [0.5, 0.6) is 17.2 Å². The van der Waals surface area contributed by atoms with E-state index in [4.69, 9.17) is 9.47 Å². The number of carbonyl (C=O) groups excluding carboxylic acids is 1. The van der Waals surface area contributed by atoms with Crippen LogP contribution in [0.25, 0.3) is 0 Å². The first-order valence-electron chi connectivity index (χ1n) is 8.38. The largest absolute Gasteiger partial charge is 0.505 e. The molecule has 1 atom stereocenters. The van der Waals surface area contributed by atoms with Crippen molar-refractivity contribution < 1.29 is 19.4 Å². The number of aromatic hydroxyl groups is 1. The van der Waals surface area contributed by atoms with Crippen LogP contribution >= 0.6 is 63.7 Å². The van der Waals surface area contributed by atoms with Crippen molar-refractivity contribution in [1.82, 2.24) is 0 Å². The Morgan fingerprint density at radius 2 is 1.66 bits per heavy atom. The molecule has 0 fully saturated rings. The molecule has 0 bridgehead atoms. The monoisotopic (exact) mass is 644 g/mol. The molecule has 0 saturated carbocycles. The summed E-state index contributed by atoms with van der Waals surface area (Å²) in [6.07, 6.45) is 0. The Labute approximate surface area is 200 Å². The number of fused-ring (bicyclic) bond motifs is 2. The van der Waals surface area contributed by atoms with E-state index >= 15 is 0 Å². The Balaban J connectivity index is 2.09. The summed E-state index contributed by atoms with van der Waals surface area (Å²) < 4.78 is 13.8. The Morgan fingerprint density at radius 1 is 0.966 bits per heavy atom. The first kappa shape index (κ1) is 20.9. The molecule has 4 nitrogen and oxygen atoms in total. The van der Waals surface area contributed by atoms with Crippen molar-refractivity contribution >= 4 is 69.7 Å². The number of methoxy groups -OCH3 is 1. The van der Waals surface area contributed by atoms with E-state index in [1.807, 2.05) is 30.3 Å². The van der Waals surface area contributed by atoms with Crippen molar-refractivity contribution in [3.63, 3.8) is 0 Å². The molecular weight excluding hydrogens is 636 g/mol. The van der Waals surface area contributed by atoms with Gasteiger partial charge in [0, 0.05) is 21.5 Å². The van der Waals surface area contributed by atoms with Crippen LogP contribution in [0.4, 0.5) is 0 Å². The van der Waals surface area contributed by atoms with Crippen LogP contribution in [-0.2, 0) is 4.74 Å². The van der Waals surface area contributed by atoms with Gasteiger partial charge in [0.15, 0.2) is 0 Å². The highest BCUT2D eigenvalue weighted by atomic mass is 79.9. The van der Waals surface area contributed by atoms with Crippen LogP contribution in [0.1, 0.15) is 33.0 Å². The summed E-state index contributed by atoms with van der Waals surface area (Å²) in [4.78, 5) is 12.5. The zero-order valence-corrected chi connectivity index (χ0v) is 21.1. The predicted molar refractivity (Wildman–Crippen MR) is 124 cm³/mol. The normalized spacial score (nSPS) is 14.6. The van der Waals surface area contributed by atoms with Crippen LogP contribution in [0.15, 0.2) is 60.4 Å². The first-order valence-corrected chi connectivity index (χ1v) is 11.6. The number of ether oxygens (including phenoxy) is 2. The van der Waals surface area contributed by atoms with E-state index in [2.05, 4.69) is 63.7 Å². The minimum atomic E-state index is -0.416. The molecule has 0 saturated heterocycles. The van der Waals surface area contributed by atoms with E-state index < -0.39 is 5.97 Å². The van der Waals surface area contributed by atoms with Gasteiger partial charge in [0.2, 0.25) is 0 Å². The maximum atomic E-state index is 12.5. The van der Waals surface area contributed by atoms with Crippen molar-refractivity contribution in [3.8, 4) is 17.2 Å². The molecule has 3 aromatic carbocycles. The zero-order chi connectivity index (χ0) is 20.9. The van der Waals surface area contributed by atoms with Gasteiger partial charge >= 0.3 is 5.97 Å². The number of carbonyl (C=O) groups is 1. The maximum absolute atomic E-state index is 12.5. The highest BCUT2D eigenvalue weighted by molar-refractivity contribution is 9.11. The maximum Gasteiger partial charge on any atom is 0.338 e. The molecule has 4 rings (SSSR count). The van der Waals surface area contributed by atoms with E-state index in [-0.39, 0.29) is 11.7 Å². The number of benzene rings is 3. The SMILES string of the molecule is COC(=O)c1ccccc1C1c2cc(Br)cc(Br)c2Oc2c1cc(Br)c(O)c2Br. The number of phenols is 1. The molecule has 3 aromatic rings. The van der Waals surface area contributed by atoms with Gasteiger partial charge < -0.3 is 14.6 Å². The molecule has 29 heavy (non-hydrogen) atoms. The van der Waals surface area contributed by atoms with E-state index in [0.717, 1.165) is 25.6 Å². The lowest BCUT2D eigenvalue weighted by Crippen LogP contribution is -2.16. The molecule has 0 spiro atoms. The quantitative estimate of drug-likeness (QED) is 0.229. The van der Waals surface area contributed by atoms with Gasteiger partial charge in [-0.05, 0) is 77.6 Å². The lowest BCUT2D eigenvalue weighted by atomic mass is 9.80. The third kappa shape index (κ3) is 3.54. The second-order valence-corrected chi connectivity index (χ2v) is 9.78. The topological polar surface area (TPSA) is 55.8 Å². The van der Waals surface area contributed by atoms with Crippen LogP contribution in [-0.4, -0.2) is 18.2 Å². The van der Waals surface area contributed by atoms with Gasteiger partial charge in [0.05, 0.1) is 21.6 Å². The number of halogens is 4. The summed E-state index contributed by atoms with van der Waals surface area (Å²) in [5.41, 5.74) is 2.92. The average Bonchev–Trinajstić information content (AvgIpc) is 2.70. The first-order chi connectivity index (χ1) is 13.8. The molecule has 148 valence electrons. The fraction of sp³-hybridized carbons (Fsp3) is 0.0952. The van der Waals surface area contributed by atoms with E-state index in [1.165, 1.54) is 7.11 Å². The van der Waals surface area contributed by atoms with E-state index in [0.29, 0.717) is 26.0 Å². The molecule has 1 aliphatic heterocycles. The van der Waals surface area contributed by atoms with Crippen LogP contribution in [0, 0.1) is 0 Å².